The first-order chi connectivity index (χ1) is 3.77. The van der Waals surface area contributed by atoms with Gasteiger partial charge in [-0.3, -0.25) is 4.99 Å². The Labute approximate surface area is 49.9 Å². The van der Waals surface area contributed by atoms with Gasteiger partial charge in [-0.2, -0.15) is 0 Å². The second-order valence-electron chi connectivity index (χ2n) is 1.59. The lowest BCUT2D eigenvalue weighted by Gasteiger charge is -1.75. The number of rotatable bonds is 2. The second kappa shape index (κ2) is 4.24. The maximum Gasteiger partial charge on any atom is 0.181 e. The molecule has 44 valence electrons. The van der Waals surface area contributed by atoms with Gasteiger partial charge in [0, 0.05) is 6.20 Å². The van der Waals surface area contributed by atoms with Crippen molar-refractivity contribution in [3.8, 4) is 0 Å². The molecular weight excluding hydrogens is 100 g/mol. The van der Waals surface area contributed by atoms with Crippen LogP contribution in [0, 0.1) is 0 Å². The molecule has 2 heteroatoms. The number of hydrogen-bond acceptors (Lipinski definition) is 1. The Hall–Kier alpha value is -0.920. The SMILES string of the molecule is C=CN=CC=[N+](C)C. The van der Waals surface area contributed by atoms with Crippen LogP contribution in [-0.4, -0.2) is 31.1 Å². The molecular formula is C6H11N2+. The van der Waals surface area contributed by atoms with Crippen LogP contribution >= 0.6 is 0 Å². The average molecular weight is 111 g/mol. The van der Waals surface area contributed by atoms with Crippen molar-refractivity contribution in [2.24, 2.45) is 4.99 Å². The Kier molecular flexibility index (Phi) is 3.76. The van der Waals surface area contributed by atoms with Crippen LogP contribution in [-0.2, 0) is 0 Å². The molecule has 2 nitrogen and oxygen atoms in total. The van der Waals surface area contributed by atoms with Gasteiger partial charge in [0.05, 0.1) is 6.21 Å². The van der Waals surface area contributed by atoms with E-state index in [9.17, 15) is 0 Å². The van der Waals surface area contributed by atoms with Gasteiger partial charge in [-0.1, -0.05) is 6.58 Å². The predicted octanol–water partition coefficient (Wildman–Crippen LogP) is 0.544. The van der Waals surface area contributed by atoms with Gasteiger partial charge in [0.15, 0.2) is 6.21 Å². The third kappa shape index (κ3) is 5.08. The molecule has 0 saturated heterocycles. The summed E-state index contributed by atoms with van der Waals surface area (Å²) in [6.45, 7) is 3.42. The van der Waals surface area contributed by atoms with Gasteiger partial charge in [0.25, 0.3) is 0 Å². The van der Waals surface area contributed by atoms with Gasteiger partial charge in [-0.25, -0.2) is 4.58 Å². The van der Waals surface area contributed by atoms with Crippen LogP contribution in [0.1, 0.15) is 0 Å². The number of hydrogen-bond donors (Lipinski definition) is 0. The normalized spacial score (nSPS) is 9.25. The van der Waals surface area contributed by atoms with E-state index in [1.165, 1.54) is 6.20 Å². The standard InChI is InChI=1S/C6H11N2/c1-4-7-5-6-8(2)3/h4-6H,1H2,2-3H3/q+1. The summed E-state index contributed by atoms with van der Waals surface area (Å²) in [5.41, 5.74) is 0. The highest BCUT2D eigenvalue weighted by molar-refractivity contribution is 6.13. The lowest BCUT2D eigenvalue weighted by molar-refractivity contribution is -0.457. The van der Waals surface area contributed by atoms with E-state index in [-0.39, 0.29) is 0 Å². The topological polar surface area (TPSA) is 15.4 Å². The van der Waals surface area contributed by atoms with Crippen LogP contribution in [0.2, 0.25) is 0 Å². The van der Waals surface area contributed by atoms with E-state index in [2.05, 4.69) is 11.6 Å². The molecule has 8 heavy (non-hydrogen) atoms. The summed E-state index contributed by atoms with van der Waals surface area (Å²) in [6.07, 6.45) is 5.04. The van der Waals surface area contributed by atoms with Gasteiger partial charge >= 0.3 is 0 Å². The van der Waals surface area contributed by atoms with Gasteiger partial charge in [0.2, 0.25) is 0 Å². The van der Waals surface area contributed by atoms with Crippen LogP contribution in [0.15, 0.2) is 17.8 Å². The fraction of sp³-hybridized carbons (Fsp3) is 0.333. The van der Waals surface area contributed by atoms with E-state index in [0.29, 0.717) is 0 Å². The molecule has 0 aromatic rings. The molecule has 0 N–H and O–H groups in total. The van der Waals surface area contributed by atoms with Crippen molar-refractivity contribution < 1.29 is 4.58 Å². The highest BCUT2D eigenvalue weighted by Crippen LogP contribution is 1.59. The lowest BCUT2D eigenvalue weighted by atomic mass is 10.7. The molecule has 0 amide bonds. The third-order valence-corrected chi connectivity index (χ3v) is 0.556. The van der Waals surface area contributed by atoms with Crippen molar-refractivity contribution in [2.75, 3.05) is 14.1 Å². The molecule has 0 radical (unpaired) electrons. The van der Waals surface area contributed by atoms with Crippen molar-refractivity contribution in [1.29, 1.82) is 0 Å². The molecule has 0 aliphatic rings. The molecule has 0 atom stereocenters. The smallest absolute Gasteiger partial charge is 0.181 e. The fourth-order valence-corrected chi connectivity index (χ4v) is 0.233. The van der Waals surface area contributed by atoms with Crippen molar-refractivity contribution in [3.05, 3.63) is 12.8 Å². The van der Waals surface area contributed by atoms with Gasteiger partial charge in [0.1, 0.15) is 14.1 Å². The fourth-order valence-electron chi connectivity index (χ4n) is 0.233. The Morgan fingerprint density at radius 2 is 2.12 bits per heavy atom. The van der Waals surface area contributed by atoms with Gasteiger partial charge in [-0.05, 0) is 0 Å². The maximum atomic E-state index is 3.75. The summed E-state index contributed by atoms with van der Waals surface area (Å²) in [4.78, 5) is 3.75. The Morgan fingerprint density at radius 3 is 2.50 bits per heavy atom. The Balaban J connectivity index is 3.57. The minimum atomic E-state index is 1.50. The quantitative estimate of drug-likeness (QED) is 0.365. The lowest BCUT2D eigenvalue weighted by Crippen LogP contribution is -1.98. The predicted molar refractivity (Wildman–Crippen MR) is 36.9 cm³/mol. The first-order valence-corrected chi connectivity index (χ1v) is 2.41. The first-order valence-electron chi connectivity index (χ1n) is 2.41. The molecule has 0 aliphatic heterocycles. The second-order valence-corrected chi connectivity index (χ2v) is 1.59. The molecule has 0 aromatic heterocycles. The van der Waals surface area contributed by atoms with Crippen LogP contribution < -0.4 is 0 Å². The number of aliphatic imine (C=N–C) groups is 1. The molecule has 0 aliphatic carbocycles. The summed E-state index contributed by atoms with van der Waals surface area (Å²) in [6, 6.07) is 0. The largest absolute Gasteiger partial charge is 0.259 e. The molecule has 0 heterocycles. The zero-order chi connectivity index (χ0) is 6.41. The van der Waals surface area contributed by atoms with E-state index in [1.807, 2.05) is 24.9 Å². The highest BCUT2D eigenvalue weighted by Gasteiger charge is 1.72. The molecule has 0 aromatic carbocycles. The molecule has 0 saturated carbocycles. The molecule has 0 fully saturated rings. The monoisotopic (exact) mass is 111 g/mol. The molecule has 0 rings (SSSR count). The summed E-state index contributed by atoms with van der Waals surface area (Å²) >= 11 is 0. The first kappa shape index (κ1) is 7.08. The Bertz CT molecular complexity index is 118. The summed E-state index contributed by atoms with van der Waals surface area (Å²) in [5.74, 6) is 0. The molecule has 0 unspecified atom stereocenters. The third-order valence-electron chi connectivity index (χ3n) is 0.556. The van der Waals surface area contributed by atoms with Gasteiger partial charge in [-0.15, -0.1) is 0 Å². The van der Waals surface area contributed by atoms with Crippen molar-refractivity contribution >= 4 is 12.4 Å². The average Bonchev–Trinajstić information content (AvgIpc) is 1.66. The van der Waals surface area contributed by atoms with Crippen LogP contribution in [0.5, 0.6) is 0 Å². The summed E-state index contributed by atoms with van der Waals surface area (Å²) in [5, 5.41) is 0. The molecule has 0 bridgehead atoms. The summed E-state index contributed by atoms with van der Waals surface area (Å²) in [7, 11) is 3.88. The van der Waals surface area contributed by atoms with Crippen molar-refractivity contribution in [2.45, 2.75) is 0 Å². The van der Waals surface area contributed by atoms with Crippen molar-refractivity contribution in [1.82, 2.24) is 0 Å². The highest BCUT2D eigenvalue weighted by atomic mass is 14.9. The van der Waals surface area contributed by atoms with E-state index in [0.717, 1.165) is 0 Å². The van der Waals surface area contributed by atoms with Gasteiger partial charge < -0.3 is 0 Å². The van der Waals surface area contributed by atoms with Crippen LogP contribution in [0.4, 0.5) is 0 Å². The van der Waals surface area contributed by atoms with E-state index < -0.39 is 0 Å². The summed E-state index contributed by atoms with van der Waals surface area (Å²) < 4.78 is 1.91. The minimum Gasteiger partial charge on any atom is -0.259 e. The molecule has 0 spiro atoms. The number of nitrogens with zero attached hydrogens (tertiary/aromatic N) is 2. The van der Waals surface area contributed by atoms with E-state index in [1.54, 1.807) is 6.21 Å². The zero-order valence-electron chi connectivity index (χ0n) is 5.33. The van der Waals surface area contributed by atoms with Crippen LogP contribution in [0.3, 0.4) is 0 Å². The Morgan fingerprint density at radius 1 is 1.50 bits per heavy atom. The zero-order valence-corrected chi connectivity index (χ0v) is 5.33. The minimum absolute atomic E-state index is 1.50. The van der Waals surface area contributed by atoms with E-state index in [4.69, 9.17) is 0 Å². The van der Waals surface area contributed by atoms with E-state index >= 15 is 0 Å². The van der Waals surface area contributed by atoms with Crippen LogP contribution in [0.25, 0.3) is 0 Å². The van der Waals surface area contributed by atoms with Crippen molar-refractivity contribution in [3.63, 3.8) is 0 Å². The maximum absolute atomic E-state index is 3.75.